The van der Waals surface area contributed by atoms with Crippen LogP contribution in [0.1, 0.15) is 128 Å². The van der Waals surface area contributed by atoms with E-state index in [9.17, 15) is 32.7 Å². The fraction of sp³-hybridized carbons (Fsp3) is 0.500. The van der Waals surface area contributed by atoms with Gasteiger partial charge in [-0.25, -0.2) is 18.4 Å². The molecule has 0 spiro atoms. The maximum atomic E-state index is 13.6. The average molecular weight is 1130 g/mol. The number of aliphatic hydroxyl groups excluding tert-OH is 1. The predicted octanol–water partition coefficient (Wildman–Crippen LogP) is 9.83. The van der Waals surface area contributed by atoms with E-state index >= 15 is 0 Å². The summed E-state index contributed by atoms with van der Waals surface area (Å²) < 4.78 is 32.6. The molecule has 3 atom stereocenters. The molecule has 2 aromatic heterocycles. The lowest BCUT2D eigenvalue weighted by Gasteiger charge is -2.44. The molecule has 7 rings (SSSR count). The third-order valence-electron chi connectivity index (χ3n) is 14.8. The Morgan fingerprint density at radius 1 is 0.936 bits per heavy atom. The Morgan fingerprint density at radius 3 is 2.29 bits per heavy atom. The minimum Gasteiger partial charge on any atom is -0.489 e. The number of carbonyl (C=O) groups is 4. The molecule has 2 fully saturated rings. The number of piperidine rings is 1. The number of anilines is 4. The van der Waals surface area contributed by atoms with Crippen LogP contribution in [0.5, 0.6) is 5.75 Å². The second-order valence-corrected chi connectivity index (χ2v) is 26.0. The number of hydrogen-bond donors (Lipinski definition) is 5. The van der Waals surface area contributed by atoms with Crippen molar-refractivity contribution in [2.75, 3.05) is 36.8 Å². The summed E-state index contributed by atoms with van der Waals surface area (Å²) in [5.74, 6) is 0.812. The zero-order valence-corrected chi connectivity index (χ0v) is 48.7. The monoisotopic (exact) mass is 1130 g/mol. The molecule has 0 radical (unpaired) electrons. The number of thiazole rings is 1. The number of amides is 3. The zero-order valence-electron chi connectivity index (χ0n) is 46.3. The number of unbranched alkanes of at least 4 members (excludes halogenated alkanes) is 2. The topological polar surface area (TPSA) is 225 Å². The Hall–Kier alpha value is -5.99. The van der Waals surface area contributed by atoms with Crippen molar-refractivity contribution < 1.29 is 37.4 Å². The van der Waals surface area contributed by atoms with Crippen molar-refractivity contribution in [1.82, 2.24) is 35.4 Å². The van der Waals surface area contributed by atoms with Gasteiger partial charge < -0.3 is 40.8 Å². The van der Waals surface area contributed by atoms with Gasteiger partial charge >= 0.3 is 0 Å². The number of aliphatic hydroxyl groups is 1. The van der Waals surface area contributed by atoms with E-state index in [4.69, 9.17) is 16.3 Å². The molecule has 2 saturated heterocycles. The van der Waals surface area contributed by atoms with E-state index in [2.05, 4.69) is 42.3 Å². The van der Waals surface area contributed by atoms with E-state index in [-0.39, 0.29) is 77.4 Å². The number of nitrogens with one attached hydrogen (secondary N) is 4. The summed E-state index contributed by atoms with van der Waals surface area (Å²) in [6.45, 7) is 18.6. The Bertz CT molecular complexity index is 3030. The highest BCUT2D eigenvalue weighted by Gasteiger charge is 2.48. The molecule has 420 valence electrons. The van der Waals surface area contributed by atoms with Crippen LogP contribution in [0.4, 0.5) is 23.1 Å². The van der Waals surface area contributed by atoms with Gasteiger partial charge in [0, 0.05) is 45.6 Å². The summed E-state index contributed by atoms with van der Waals surface area (Å²) in [6, 6.07) is 18.0. The SMILES string of the molecule is Cc1cc(Nc2ncc(Cl)c(Nc3ccccc3S(=O)(=O)C(C)C)n2)c(OC(C)C)cc1C1CCN(C(=O)CCCCCC(=O)N[C@](C=O)(CN2C[C@H](O)C[C@H]2C(=O)NCc2ccc(-c3scnc3C)cc2)C(C)(C)C)CC1. The number of benzene rings is 3. The number of likely N-dealkylation sites (tertiary alicyclic amines) is 2. The number of para-hydroxylation sites is 1. The van der Waals surface area contributed by atoms with Gasteiger partial charge in [0.15, 0.2) is 15.7 Å². The largest absolute Gasteiger partial charge is 0.489 e. The van der Waals surface area contributed by atoms with E-state index in [0.29, 0.717) is 62.4 Å². The molecule has 3 amide bonds. The second-order valence-electron chi connectivity index (χ2n) is 22.2. The first-order valence-corrected chi connectivity index (χ1v) is 29.7. The fourth-order valence-electron chi connectivity index (χ4n) is 10.1. The van der Waals surface area contributed by atoms with Gasteiger partial charge in [-0.2, -0.15) is 4.98 Å². The Labute approximate surface area is 468 Å². The molecule has 4 heterocycles. The zero-order chi connectivity index (χ0) is 56.5. The number of aromatic nitrogens is 3. The lowest BCUT2D eigenvalue weighted by molar-refractivity contribution is -0.132. The van der Waals surface area contributed by atoms with E-state index in [1.54, 1.807) is 54.3 Å². The number of nitrogens with zero attached hydrogens (tertiary/aromatic N) is 5. The molecule has 5 N–H and O–H groups in total. The molecule has 78 heavy (non-hydrogen) atoms. The maximum Gasteiger partial charge on any atom is 0.237 e. The van der Waals surface area contributed by atoms with Crippen molar-refractivity contribution in [1.29, 1.82) is 0 Å². The molecule has 20 heteroatoms. The number of ether oxygens (including phenoxy) is 1. The third-order valence-corrected chi connectivity index (χ3v) is 18.3. The molecule has 5 aromatic rings. The summed E-state index contributed by atoms with van der Waals surface area (Å²) >= 11 is 8.11. The molecule has 0 saturated carbocycles. The maximum absolute atomic E-state index is 13.6. The van der Waals surface area contributed by atoms with Crippen molar-refractivity contribution in [3.8, 4) is 16.2 Å². The molecule has 3 aromatic carbocycles. The van der Waals surface area contributed by atoms with Gasteiger partial charge in [0.2, 0.25) is 23.7 Å². The average Bonchev–Trinajstić information content (AvgIpc) is 4.12. The van der Waals surface area contributed by atoms with Crippen molar-refractivity contribution in [2.24, 2.45) is 5.41 Å². The van der Waals surface area contributed by atoms with Crippen LogP contribution in [0.2, 0.25) is 5.02 Å². The van der Waals surface area contributed by atoms with E-state index in [1.165, 1.54) is 6.20 Å². The number of carbonyl (C=O) groups excluding carboxylic acids is 4. The highest BCUT2D eigenvalue weighted by atomic mass is 35.5. The van der Waals surface area contributed by atoms with Gasteiger partial charge in [-0.05, 0) is 131 Å². The Morgan fingerprint density at radius 2 is 1.64 bits per heavy atom. The lowest BCUT2D eigenvalue weighted by atomic mass is 9.73. The standard InChI is InChI=1S/C58H76ClN9O8S2/c1-36(2)76-49-29-44(38(5)27-47(49)64-56-61-31-45(59)54(65-56)63-46-15-13-14-16-50(46)78(74,75)37(3)4)41-23-25-67(26-24-41)52(72)18-12-10-11-17-51(71)66-58(34-69,57(7,8)9)33-68-32-43(70)28-48(68)55(73)60-30-40-19-21-42(22-20-40)53-39(6)62-35-77-53/h13-16,19-22,27,29,31,34-37,41,43,48,70H,10-12,17-18,23-26,28,30,32-33H2,1-9H3,(H,60,73)(H,66,71)(H2,61,63,64,65)/t43-,48+,58+/m1/s1. The van der Waals surface area contributed by atoms with Gasteiger partial charge in [-0.15, -0.1) is 11.3 Å². The van der Waals surface area contributed by atoms with Crippen LogP contribution in [-0.4, -0.2) is 118 Å². The van der Waals surface area contributed by atoms with Crippen molar-refractivity contribution in [3.05, 3.63) is 99.8 Å². The number of hydrogen-bond acceptors (Lipinski definition) is 15. The molecule has 2 aliphatic heterocycles. The van der Waals surface area contributed by atoms with Crippen LogP contribution >= 0.6 is 22.9 Å². The number of aldehydes is 1. The molecular formula is C58H76ClN9O8S2. The molecule has 0 bridgehead atoms. The quantitative estimate of drug-likeness (QED) is 0.0303. The van der Waals surface area contributed by atoms with E-state index in [0.717, 1.165) is 52.0 Å². The first-order chi connectivity index (χ1) is 37.0. The van der Waals surface area contributed by atoms with Gasteiger partial charge in [-0.1, -0.05) is 75.2 Å². The van der Waals surface area contributed by atoms with Crippen LogP contribution in [-0.2, 0) is 35.6 Å². The van der Waals surface area contributed by atoms with E-state index in [1.807, 2.05) is 89.2 Å². The van der Waals surface area contributed by atoms with Crippen molar-refractivity contribution >= 4 is 79.9 Å². The first-order valence-electron chi connectivity index (χ1n) is 26.9. The summed E-state index contributed by atoms with van der Waals surface area (Å²) in [5.41, 5.74) is 5.88. The van der Waals surface area contributed by atoms with Crippen LogP contribution in [0.15, 0.2) is 77.3 Å². The van der Waals surface area contributed by atoms with E-state index < -0.39 is 38.2 Å². The first kappa shape index (κ1) is 59.7. The third kappa shape index (κ3) is 14.6. The molecule has 0 aliphatic carbocycles. The van der Waals surface area contributed by atoms with Crippen LogP contribution < -0.4 is 26.0 Å². The number of rotatable bonds is 23. The molecule has 2 aliphatic rings. The number of halogens is 1. The fourth-order valence-corrected chi connectivity index (χ4v) is 12.2. The number of aryl methyl sites for hydroxylation is 2. The predicted molar refractivity (Wildman–Crippen MR) is 307 cm³/mol. The highest BCUT2D eigenvalue weighted by Crippen LogP contribution is 2.39. The molecule has 0 unspecified atom stereocenters. The van der Waals surface area contributed by atoms with Crippen LogP contribution in [0.25, 0.3) is 10.4 Å². The van der Waals surface area contributed by atoms with Gasteiger partial charge in [0.05, 0.1) is 62.0 Å². The summed E-state index contributed by atoms with van der Waals surface area (Å²) in [6.07, 6.45) is 5.42. The summed E-state index contributed by atoms with van der Waals surface area (Å²) in [7, 11) is -3.61. The summed E-state index contributed by atoms with van der Waals surface area (Å²) in [4.78, 5) is 72.1. The Balaban J connectivity index is 0.882. The lowest BCUT2D eigenvalue weighted by Crippen LogP contribution is -2.65. The Kier molecular flexibility index (Phi) is 19.8. The summed E-state index contributed by atoms with van der Waals surface area (Å²) in [5, 5.41) is 22.8. The smallest absolute Gasteiger partial charge is 0.237 e. The van der Waals surface area contributed by atoms with Crippen molar-refractivity contribution in [2.45, 2.75) is 160 Å². The molecule has 17 nitrogen and oxygen atoms in total. The minimum absolute atomic E-state index is 0.0531. The number of sulfone groups is 1. The highest BCUT2D eigenvalue weighted by molar-refractivity contribution is 7.92. The van der Waals surface area contributed by atoms with Gasteiger partial charge in [0.25, 0.3) is 0 Å². The van der Waals surface area contributed by atoms with Crippen LogP contribution in [0, 0.1) is 19.3 Å². The van der Waals surface area contributed by atoms with Gasteiger partial charge in [0.1, 0.15) is 22.6 Å². The van der Waals surface area contributed by atoms with Crippen molar-refractivity contribution in [3.63, 3.8) is 0 Å². The van der Waals surface area contributed by atoms with Crippen LogP contribution in [0.3, 0.4) is 0 Å². The number of β-amino-alcohol motifs (C(OH)–C–C–N with tert-alkyl or cyclic N) is 1. The minimum atomic E-state index is -3.61. The normalized spacial score (nSPS) is 17.2. The second kappa shape index (κ2) is 25.9. The van der Waals surface area contributed by atoms with Gasteiger partial charge in [-0.3, -0.25) is 19.3 Å². The molecular weight excluding hydrogens is 1050 g/mol.